The van der Waals surface area contributed by atoms with Gasteiger partial charge in [-0.2, -0.15) is 0 Å². The van der Waals surface area contributed by atoms with Gasteiger partial charge in [0.25, 0.3) is 0 Å². The number of aromatic nitrogens is 2. The SMILES string of the molecule is Cc1cc(Cn2ccc3ccccc32)c2ccccc2n1. The largest absolute Gasteiger partial charge is 0.343 e. The molecule has 21 heavy (non-hydrogen) atoms. The van der Waals surface area contributed by atoms with Crippen molar-refractivity contribution in [1.29, 1.82) is 0 Å². The molecule has 2 nitrogen and oxygen atoms in total. The fourth-order valence-electron chi connectivity index (χ4n) is 2.99. The van der Waals surface area contributed by atoms with Gasteiger partial charge in [-0.25, -0.2) is 0 Å². The van der Waals surface area contributed by atoms with Gasteiger partial charge in [0.2, 0.25) is 0 Å². The summed E-state index contributed by atoms with van der Waals surface area (Å²) >= 11 is 0. The van der Waals surface area contributed by atoms with Gasteiger partial charge in [0.1, 0.15) is 0 Å². The molecule has 2 heterocycles. The molecule has 2 heteroatoms. The van der Waals surface area contributed by atoms with E-state index in [1.807, 2.05) is 6.07 Å². The molecule has 0 aliphatic rings. The van der Waals surface area contributed by atoms with Gasteiger partial charge in [0, 0.05) is 29.3 Å². The lowest BCUT2D eigenvalue weighted by Gasteiger charge is -2.10. The summed E-state index contributed by atoms with van der Waals surface area (Å²) in [5.74, 6) is 0. The maximum absolute atomic E-state index is 4.62. The maximum Gasteiger partial charge on any atom is 0.0708 e. The number of pyridine rings is 1. The second kappa shape index (κ2) is 4.74. The van der Waals surface area contributed by atoms with Gasteiger partial charge in [-0.15, -0.1) is 0 Å². The minimum atomic E-state index is 0.872. The molecule has 0 fully saturated rings. The normalized spacial score (nSPS) is 11.3. The lowest BCUT2D eigenvalue weighted by molar-refractivity contribution is 0.840. The van der Waals surface area contributed by atoms with Crippen LogP contribution in [0.5, 0.6) is 0 Å². The second-order valence-electron chi connectivity index (χ2n) is 5.44. The summed E-state index contributed by atoms with van der Waals surface area (Å²) in [6.07, 6.45) is 2.16. The third-order valence-electron chi connectivity index (χ3n) is 3.95. The van der Waals surface area contributed by atoms with E-state index in [4.69, 9.17) is 0 Å². The summed E-state index contributed by atoms with van der Waals surface area (Å²) in [5.41, 5.74) is 4.74. The van der Waals surface area contributed by atoms with E-state index in [-0.39, 0.29) is 0 Å². The van der Waals surface area contributed by atoms with Gasteiger partial charge < -0.3 is 4.57 Å². The Morgan fingerprint density at radius 2 is 1.76 bits per heavy atom. The minimum Gasteiger partial charge on any atom is -0.343 e. The highest BCUT2D eigenvalue weighted by molar-refractivity contribution is 5.83. The van der Waals surface area contributed by atoms with Gasteiger partial charge in [-0.3, -0.25) is 4.98 Å². The number of aryl methyl sites for hydroxylation is 1. The summed E-state index contributed by atoms with van der Waals surface area (Å²) in [4.78, 5) is 4.62. The number of benzene rings is 2. The molecular weight excluding hydrogens is 256 g/mol. The van der Waals surface area contributed by atoms with Crippen molar-refractivity contribution in [3.63, 3.8) is 0 Å². The second-order valence-corrected chi connectivity index (χ2v) is 5.44. The van der Waals surface area contributed by atoms with Gasteiger partial charge in [0.15, 0.2) is 0 Å². The van der Waals surface area contributed by atoms with Crippen molar-refractivity contribution in [2.75, 3.05) is 0 Å². The Balaban J connectivity index is 1.87. The van der Waals surface area contributed by atoms with Crippen molar-refractivity contribution in [2.45, 2.75) is 13.5 Å². The van der Waals surface area contributed by atoms with E-state index in [1.54, 1.807) is 0 Å². The quantitative estimate of drug-likeness (QED) is 0.523. The van der Waals surface area contributed by atoms with Crippen molar-refractivity contribution in [3.8, 4) is 0 Å². The fraction of sp³-hybridized carbons (Fsp3) is 0.105. The highest BCUT2D eigenvalue weighted by atomic mass is 14.9. The fourth-order valence-corrected chi connectivity index (χ4v) is 2.99. The Bertz CT molecular complexity index is 935. The van der Waals surface area contributed by atoms with Gasteiger partial charge >= 0.3 is 0 Å². The van der Waals surface area contributed by atoms with E-state index in [9.17, 15) is 0 Å². The Hall–Kier alpha value is -2.61. The third-order valence-corrected chi connectivity index (χ3v) is 3.95. The Labute approximate surface area is 123 Å². The molecule has 0 amide bonds. The van der Waals surface area contributed by atoms with Crippen LogP contribution < -0.4 is 0 Å². The lowest BCUT2D eigenvalue weighted by atomic mass is 10.1. The number of para-hydroxylation sites is 2. The van der Waals surface area contributed by atoms with Crippen molar-refractivity contribution in [1.82, 2.24) is 9.55 Å². The summed E-state index contributed by atoms with van der Waals surface area (Å²) < 4.78 is 2.30. The van der Waals surface area contributed by atoms with Crippen LogP contribution in [0.25, 0.3) is 21.8 Å². The molecular formula is C19H16N2. The number of rotatable bonds is 2. The topological polar surface area (TPSA) is 17.8 Å². The van der Waals surface area contributed by atoms with Crippen LogP contribution >= 0.6 is 0 Å². The van der Waals surface area contributed by atoms with Crippen molar-refractivity contribution < 1.29 is 0 Å². The first-order valence-electron chi connectivity index (χ1n) is 7.20. The van der Waals surface area contributed by atoms with Crippen LogP contribution in [0.15, 0.2) is 66.9 Å². The van der Waals surface area contributed by atoms with Crippen molar-refractivity contribution in [2.24, 2.45) is 0 Å². The molecule has 2 aromatic carbocycles. The van der Waals surface area contributed by atoms with E-state index >= 15 is 0 Å². The Kier molecular flexibility index (Phi) is 2.74. The van der Waals surface area contributed by atoms with Crippen LogP contribution in [0.2, 0.25) is 0 Å². The zero-order valence-electron chi connectivity index (χ0n) is 12.0. The van der Waals surface area contributed by atoms with E-state index < -0.39 is 0 Å². The van der Waals surface area contributed by atoms with E-state index in [1.165, 1.54) is 21.9 Å². The zero-order valence-corrected chi connectivity index (χ0v) is 12.0. The summed E-state index contributed by atoms with van der Waals surface area (Å²) in [6, 6.07) is 21.2. The van der Waals surface area contributed by atoms with Crippen LogP contribution in [0.3, 0.4) is 0 Å². The van der Waals surface area contributed by atoms with E-state index in [2.05, 4.69) is 77.3 Å². The molecule has 102 valence electrons. The van der Waals surface area contributed by atoms with Crippen molar-refractivity contribution in [3.05, 3.63) is 78.1 Å². The lowest BCUT2D eigenvalue weighted by Crippen LogP contribution is -2.00. The molecule has 0 bridgehead atoms. The molecule has 0 aliphatic heterocycles. The van der Waals surface area contributed by atoms with Crippen LogP contribution in [0.1, 0.15) is 11.3 Å². The molecule has 0 unspecified atom stereocenters. The van der Waals surface area contributed by atoms with Crippen LogP contribution in [-0.2, 0) is 6.54 Å². The monoisotopic (exact) mass is 272 g/mol. The summed E-state index contributed by atoms with van der Waals surface area (Å²) in [7, 11) is 0. The molecule has 0 N–H and O–H groups in total. The smallest absolute Gasteiger partial charge is 0.0708 e. The van der Waals surface area contributed by atoms with E-state index in [0.717, 1.165) is 17.8 Å². The van der Waals surface area contributed by atoms with Crippen molar-refractivity contribution >= 4 is 21.8 Å². The molecule has 0 atom stereocenters. The molecule has 4 aromatic rings. The molecule has 0 saturated carbocycles. The molecule has 2 aromatic heterocycles. The third kappa shape index (κ3) is 2.09. The first-order chi connectivity index (χ1) is 10.3. The average molecular weight is 272 g/mol. The standard InChI is InChI=1S/C19H16N2/c1-14-12-16(17-7-3-4-8-18(17)20-14)13-21-11-10-15-6-2-5-9-19(15)21/h2-12H,13H2,1H3. The van der Waals surface area contributed by atoms with Crippen LogP contribution in [-0.4, -0.2) is 9.55 Å². The summed E-state index contributed by atoms with van der Waals surface area (Å²) in [5, 5.41) is 2.52. The highest BCUT2D eigenvalue weighted by Gasteiger charge is 2.06. The Morgan fingerprint density at radius 3 is 2.71 bits per heavy atom. The molecule has 4 rings (SSSR count). The zero-order chi connectivity index (χ0) is 14.2. The maximum atomic E-state index is 4.62. The molecule has 0 radical (unpaired) electrons. The first kappa shape index (κ1) is 12.2. The number of fused-ring (bicyclic) bond motifs is 2. The number of hydrogen-bond donors (Lipinski definition) is 0. The molecule has 0 saturated heterocycles. The average Bonchev–Trinajstić information content (AvgIpc) is 2.90. The number of nitrogens with zero attached hydrogens (tertiary/aromatic N) is 2. The highest BCUT2D eigenvalue weighted by Crippen LogP contribution is 2.22. The van der Waals surface area contributed by atoms with Crippen LogP contribution in [0.4, 0.5) is 0 Å². The van der Waals surface area contributed by atoms with Gasteiger partial charge in [-0.1, -0.05) is 36.4 Å². The first-order valence-corrected chi connectivity index (χ1v) is 7.20. The van der Waals surface area contributed by atoms with Crippen LogP contribution in [0, 0.1) is 6.92 Å². The van der Waals surface area contributed by atoms with Gasteiger partial charge in [0.05, 0.1) is 5.52 Å². The molecule has 0 aliphatic carbocycles. The molecule has 0 spiro atoms. The van der Waals surface area contributed by atoms with Gasteiger partial charge in [-0.05, 0) is 42.1 Å². The summed E-state index contributed by atoms with van der Waals surface area (Å²) in [6.45, 7) is 2.93. The van der Waals surface area contributed by atoms with E-state index in [0.29, 0.717) is 0 Å². The Morgan fingerprint density at radius 1 is 0.952 bits per heavy atom. The predicted octanol–water partition coefficient (Wildman–Crippen LogP) is 4.55. The minimum absolute atomic E-state index is 0.872. The predicted molar refractivity (Wildman–Crippen MR) is 87.5 cm³/mol. The number of hydrogen-bond acceptors (Lipinski definition) is 1.